The van der Waals surface area contributed by atoms with Crippen LogP contribution in [0.1, 0.15) is 12.0 Å². The van der Waals surface area contributed by atoms with Crippen LogP contribution in [0.15, 0.2) is 42.5 Å². The molecule has 0 aliphatic carbocycles. The first-order chi connectivity index (χ1) is 12.5. The highest BCUT2D eigenvalue weighted by Gasteiger charge is 2.33. The molecule has 0 aromatic heterocycles. The fourth-order valence-corrected chi connectivity index (χ4v) is 3.45. The predicted molar refractivity (Wildman–Crippen MR) is 94.6 cm³/mol. The zero-order chi connectivity index (χ0) is 18.7. The molecule has 26 heavy (non-hydrogen) atoms. The monoisotopic (exact) mass is 363 g/mol. The van der Waals surface area contributed by atoms with Crippen molar-refractivity contribution in [2.45, 2.75) is 31.1 Å². The van der Waals surface area contributed by atoms with Gasteiger partial charge in [0.1, 0.15) is 11.6 Å². The normalized spacial score (nSPS) is 24.0. The van der Waals surface area contributed by atoms with E-state index in [0.29, 0.717) is 5.56 Å². The third kappa shape index (κ3) is 4.10. The average molecular weight is 363 g/mol. The lowest BCUT2D eigenvalue weighted by Gasteiger charge is -2.39. The van der Waals surface area contributed by atoms with E-state index in [9.17, 15) is 24.1 Å². The van der Waals surface area contributed by atoms with Gasteiger partial charge in [0.25, 0.3) is 0 Å². The predicted octanol–water partition coefficient (Wildman–Crippen LogP) is 1.96. The number of aliphatic hydroxyl groups excluding tert-OH is 3. The van der Waals surface area contributed by atoms with Crippen LogP contribution >= 0.6 is 0 Å². The van der Waals surface area contributed by atoms with Crippen molar-refractivity contribution in [1.82, 2.24) is 4.90 Å². The smallest absolute Gasteiger partial charge is 0.129 e. The number of benzene rings is 2. The molecule has 6 heteroatoms. The summed E-state index contributed by atoms with van der Waals surface area (Å²) in [7, 11) is 0. The molecule has 1 heterocycles. The molecule has 3 atom stereocenters. The van der Waals surface area contributed by atoms with E-state index < -0.39 is 23.8 Å². The quantitative estimate of drug-likeness (QED) is 0.760. The van der Waals surface area contributed by atoms with E-state index >= 15 is 0 Å². The first-order valence-electron chi connectivity index (χ1n) is 8.74. The molecule has 2 aromatic carbocycles. The van der Waals surface area contributed by atoms with Gasteiger partial charge in [-0.2, -0.15) is 0 Å². The lowest BCUT2D eigenvalue weighted by atomic mass is 9.96. The molecule has 2 aromatic rings. The number of hydrogen-bond acceptors (Lipinski definition) is 4. The van der Waals surface area contributed by atoms with Crippen LogP contribution in [0.4, 0.5) is 8.78 Å². The molecule has 140 valence electrons. The molecule has 0 saturated carbocycles. The van der Waals surface area contributed by atoms with Crippen LogP contribution in [-0.4, -0.2) is 58.2 Å². The van der Waals surface area contributed by atoms with Gasteiger partial charge in [0.05, 0.1) is 18.8 Å². The number of hydrogen-bond donors (Lipinski definition) is 3. The fraction of sp³-hybridized carbons (Fsp3) is 0.400. The van der Waals surface area contributed by atoms with E-state index in [-0.39, 0.29) is 44.1 Å². The number of aliphatic hydroxyl groups is 3. The minimum Gasteiger partial charge on any atom is -0.395 e. The SMILES string of the molecule is OC[C@H]1CC(O)[C@@H](O)CN1CCc1c(F)cc(-c2ccccc2)cc1F. The summed E-state index contributed by atoms with van der Waals surface area (Å²) in [6.07, 6.45) is -1.46. The largest absolute Gasteiger partial charge is 0.395 e. The van der Waals surface area contributed by atoms with Crippen molar-refractivity contribution < 1.29 is 24.1 Å². The summed E-state index contributed by atoms with van der Waals surface area (Å²) in [6, 6.07) is 11.4. The highest BCUT2D eigenvalue weighted by Crippen LogP contribution is 2.25. The summed E-state index contributed by atoms with van der Waals surface area (Å²) in [4.78, 5) is 1.77. The Morgan fingerprint density at radius 3 is 2.23 bits per heavy atom. The molecule has 0 amide bonds. The molecule has 1 unspecified atom stereocenters. The Morgan fingerprint density at radius 1 is 0.962 bits per heavy atom. The van der Waals surface area contributed by atoms with Crippen molar-refractivity contribution >= 4 is 0 Å². The van der Waals surface area contributed by atoms with Crippen molar-refractivity contribution in [3.63, 3.8) is 0 Å². The Labute approximate surface area is 151 Å². The van der Waals surface area contributed by atoms with E-state index in [1.54, 1.807) is 17.0 Å². The van der Waals surface area contributed by atoms with Crippen molar-refractivity contribution in [2.24, 2.45) is 0 Å². The Bertz CT molecular complexity index is 718. The maximum Gasteiger partial charge on any atom is 0.129 e. The minimum absolute atomic E-state index is 0.0121. The topological polar surface area (TPSA) is 63.9 Å². The van der Waals surface area contributed by atoms with Crippen molar-refractivity contribution in [1.29, 1.82) is 0 Å². The highest BCUT2D eigenvalue weighted by molar-refractivity contribution is 5.63. The number of nitrogens with zero attached hydrogens (tertiary/aromatic N) is 1. The van der Waals surface area contributed by atoms with Gasteiger partial charge in [0, 0.05) is 24.7 Å². The van der Waals surface area contributed by atoms with Crippen LogP contribution in [0.2, 0.25) is 0 Å². The molecule has 4 nitrogen and oxygen atoms in total. The number of piperidine rings is 1. The molecule has 3 N–H and O–H groups in total. The van der Waals surface area contributed by atoms with Crippen molar-refractivity contribution in [2.75, 3.05) is 19.7 Å². The summed E-state index contributed by atoms with van der Waals surface area (Å²) < 4.78 is 28.9. The first-order valence-corrected chi connectivity index (χ1v) is 8.74. The minimum atomic E-state index is -0.923. The standard InChI is InChI=1S/C20H23F2NO3/c21-17-8-14(13-4-2-1-3-5-13)9-18(22)16(17)6-7-23-11-20(26)19(25)10-15(23)12-24/h1-5,8-9,15,19-20,24-26H,6-7,10-12H2/t15-,19?,20+/m1/s1. The lowest BCUT2D eigenvalue weighted by Crippen LogP contribution is -2.54. The van der Waals surface area contributed by atoms with Crippen LogP contribution in [0.3, 0.4) is 0 Å². The Kier molecular flexibility index (Phi) is 5.98. The molecule has 0 spiro atoms. The highest BCUT2D eigenvalue weighted by atomic mass is 19.1. The number of halogens is 2. The molecule has 1 aliphatic heterocycles. The van der Waals surface area contributed by atoms with Gasteiger partial charge < -0.3 is 15.3 Å². The maximum absolute atomic E-state index is 14.5. The third-order valence-electron chi connectivity index (χ3n) is 5.00. The zero-order valence-electron chi connectivity index (χ0n) is 14.4. The van der Waals surface area contributed by atoms with E-state index in [1.807, 2.05) is 18.2 Å². The van der Waals surface area contributed by atoms with Gasteiger partial charge >= 0.3 is 0 Å². The third-order valence-corrected chi connectivity index (χ3v) is 5.00. The van der Waals surface area contributed by atoms with Crippen molar-refractivity contribution in [3.8, 4) is 11.1 Å². The van der Waals surface area contributed by atoms with Gasteiger partial charge in [-0.05, 0) is 36.1 Å². The summed E-state index contributed by atoms with van der Waals surface area (Å²) in [5.41, 5.74) is 1.21. The van der Waals surface area contributed by atoms with E-state index in [2.05, 4.69) is 0 Å². The summed E-state index contributed by atoms with van der Waals surface area (Å²) in [6.45, 7) is 0.271. The van der Waals surface area contributed by atoms with E-state index in [0.717, 1.165) is 5.56 Å². The van der Waals surface area contributed by atoms with Crippen LogP contribution < -0.4 is 0 Å². The van der Waals surface area contributed by atoms with Crippen LogP contribution in [0.5, 0.6) is 0 Å². The number of rotatable bonds is 5. The van der Waals surface area contributed by atoms with Gasteiger partial charge in [-0.3, -0.25) is 4.90 Å². The second-order valence-corrected chi connectivity index (χ2v) is 6.74. The van der Waals surface area contributed by atoms with Gasteiger partial charge in [-0.15, -0.1) is 0 Å². The molecule has 0 bridgehead atoms. The molecule has 1 aliphatic rings. The van der Waals surface area contributed by atoms with Gasteiger partial charge in [-0.25, -0.2) is 8.78 Å². The summed E-state index contributed by atoms with van der Waals surface area (Å²) >= 11 is 0. The second kappa shape index (κ2) is 8.22. The summed E-state index contributed by atoms with van der Waals surface area (Å²) in [5, 5.41) is 29.0. The van der Waals surface area contributed by atoms with Gasteiger partial charge in [0.2, 0.25) is 0 Å². The van der Waals surface area contributed by atoms with Crippen LogP contribution in [0, 0.1) is 11.6 Å². The Balaban J connectivity index is 1.74. The van der Waals surface area contributed by atoms with Crippen LogP contribution in [-0.2, 0) is 6.42 Å². The van der Waals surface area contributed by atoms with Crippen LogP contribution in [0.25, 0.3) is 11.1 Å². The molecular weight excluding hydrogens is 340 g/mol. The summed E-state index contributed by atoms with van der Waals surface area (Å²) in [5.74, 6) is -1.22. The van der Waals surface area contributed by atoms with Crippen molar-refractivity contribution in [3.05, 3.63) is 59.7 Å². The zero-order valence-corrected chi connectivity index (χ0v) is 14.4. The number of likely N-dealkylation sites (tertiary alicyclic amines) is 1. The van der Waals surface area contributed by atoms with Gasteiger partial charge in [0.15, 0.2) is 0 Å². The Hall–Kier alpha value is -1.86. The molecule has 1 saturated heterocycles. The molecule has 0 radical (unpaired) electrons. The lowest BCUT2D eigenvalue weighted by molar-refractivity contribution is -0.0704. The van der Waals surface area contributed by atoms with E-state index in [1.165, 1.54) is 12.1 Å². The molecular formula is C20H23F2NO3. The maximum atomic E-state index is 14.5. The Morgan fingerprint density at radius 2 is 1.62 bits per heavy atom. The average Bonchev–Trinajstić information content (AvgIpc) is 2.64. The number of β-amino-alcohol motifs (C(OH)–C–C–N with tert-alkyl or cyclic N) is 1. The second-order valence-electron chi connectivity index (χ2n) is 6.74. The molecule has 1 fully saturated rings. The van der Waals surface area contributed by atoms with Gasteiger partial charge in [-0.1, -0.05) is 30.3 Å². The molecule has 3 rings (SSSR count). The fourth-order valence-electron chi connectivity index (χ4n) is 3.45. The first kappa shape index (κ1) is 18.9. The van der Waals surface area contributed by atoms with E-state index in [4.69, 9.17) is 0 Å².